The molecular weight excluding hydrogens is 228 g/mol. The second-order valence-electron chi connectivity index (χ2n) is 3.41. The van der Waals surface area contributed by atoms with E-state index in [0.717, 1.165) is 0 Å². The second-order valence-corrected chi connectivity index (χ2v) is 3.41. The lowest BCUT2D eigenvalue weighted by Gasteiger charge is -2.12. The lowest BCUT2D eigenvalue weighted by atomic mass is 10.1. The van der Waals surface area contributed by atoms with Crippen LogP contribution >= 0.6 is 12.4 Å². The van der Waals surface area contributed by atoms with E-state index in [1.54, 1.807) is 31.3 Å². The molecule has 1 N–H and O–H groups in total. The van der Waals surface area contributed by atoms with Crippen LogP contribution in [0.4, 0.5) is 0 Å². The summed E-state index contributed by atoms with van der Waals surface area (Å²) in [5.41, 5.74) is 1.03. The molecule has 0 bridgehead atoms. The molecule has 0 saturated heterocycles. The van der Waals surface area contributed by atoms with E-state index in [0.29, 0.717) is 24.2 Å². The Labute approximate surface area is 100 Å². The summed E-state index contributed by atoms with van der Waals surface area (Å²) in [6.45, 7) is 1.04. The molecule has 0 fully saturated rings. The lowest BCUT2D eigenvalue weighted by Crippen LogP contribution is -2.35. The van der Waals surface area contributed by atoms with E-state index in [4.69, 9.17) is 0 Å². The third-order valence-electron chi connectivity index (χ3n) is 2.46. The number of hydrogen-bond acceptors (Lipinski definition) is 3. The van der Waals surface area contributed by atoms with Crippen molar-refractivity contribution in [2.75, 3.05) is 20.1 Å². The zero-order chi connectivity index (χ0) is 10.8. The number of carbonyl (C=O) groups is 2. The molecule has 0 spiro atoms. The van der Waals surface area contributed by atoms with Gasteiger partial charge in [-0.2, -0.15) is 0 Å². The van der Waals surface area contributed by atoms with E-state index in [-0.39, 0.29) is 24.2 Å². The Morgan fingerprint density at radius 1 is 1.12 bits per heavy atom. The standard InChI is InChI=1S/C11H12N2O2.ClH/c1-12-6-7-13-10(14)8-4-2-3-5-9(8)11(13)15;/h2-5,12H,6-7H2,1H3;1H. The molecule has 86 valence electrons. The number of fused-ring (bicyclic) bond motifs is 1. The smallest absolute Gasteiger partial charge is 0.261 e. The van der Waals surface area contributed by atoms with Gasteiger partial charge in [0.1, 0.15) is 0 Å². The number of nitrogens with zero attached hydrogens (tertiary/aromatic N) is 1. The lowest BCUT2D eigenvalue weighted by molar-refractivity contribution is 0.0656. The van der Waals surface area contributed by atoms with Gasteiger partial charge >= 0.3 is 0 Å². The molecule has 0 atom stereocenters. The molecule has 0 aliphatic carbocycles. The van der Waals surface area contributed by atoms with Crippen LogP contribution < -0.4 is 5.32 Å². The zero-order valence-corrected chi connectivity index (χ0v) is 9.71. The minimum absolute atomic E-state index is 0. The van der Waals surface area contributed by atoms with Crippen molar-refractivity contribution in [2.45, 2.75) is 0 Å². The number of imide groups is 1. The predicted molar refractivity (Wildman–Crippen MR) is 63.0 cm³/mol. The van der Waals surface area contributed by atoms with E-state index in [2.05, 4.69) is 5.32 Å². The van der Waals surface area contributed by atoms with Crippen molar-refractivity contribution >= 4 is 24.2 Å². The van der Waals surface area contributed by atoms with Crippen LogP contribution in [0.3, 0.4) is 0 Å². The van der Waals surface area contributed by atoms with Crippen molar-refractivity contribution in [2.24, 2.45) is 0 Å². The third-order valence-corrected chi connectivity index (χ3v) is 2.46. The number of likely N-dealkylation sites (N-methyl/N-ethyl adjacent to an activating group) is 1. The summed E-state index contributed by atoms with van der Waals surface area (Å²) in [5.74, 6) is -0.378. The van der Waals surface area contributed by atoms with Gasteiger partial charge in [-0.25, -0.2) is 0 Å². The maximum atomic E-state index is 11.8. The molecule has 1 aromatic rings. The molecule has 1 aromatic carbocycles. The Bertz CT molecular complexity index is 385. The van der Waals surface area contributed by atoms with Crippen molar-refractivity contribution in [3.05, 3.63) is 35.4 Å². The number of hydrogen-bond donors (Lipinski definition) is 1. The fraction of sp³-hybridized carbons (Fsp3) is 0.273. The van der Waals surface area contributed by atoms with E-state index in [9.17, 15) is 9.59 Å². The molecule has 4 nitrogen and oxygen atoms in total. The molecule has 0 aromatic heterocycles. The summed E-state index contributed by atoms with van der Waals surface area (Å²) < 4.78 is 0. The molecule has 1 aliphatic heterocycles. The molecule has 16 heavy (non-hydrogen) atoms. The van der Waals surface area contributed by atoms with Crippen LogP contribution in [0.2, 0.25) is 0 Å². The zero-order valence-electron chi connectivity index (χ0n) is 8.90. The summed E-state index contributed by atoms with van der Waals surface area (Å²) in [6, 6.07) is 6.92. The van der Waals surface area contributed by atoms with E-state index in [1.807, 2.05) is 0 Å². The van der Waals surface area contributed by atoms with E-state index >= 15 is 0 Å². The topological polar surface area (TPSA) is 49.4 Å². The largest absolute Gasteiger partial charge is 0.318 e. The van der Waals surface area contributed by atoms with Gasteiger partial charge in [0, 0.05) is 13.1 Å². The van der Waals surface area contributed by atoms with Crippen LogP contribution in [0.25, 0.3) is 0 Å². The second kappa shape index (κ2) is 5.09. The molecule has 2 rings (SSSR count). The first-order valence-electron chi connectivity index (χ1n) is 4.85. The van der Waals surface area contributed by atoms with Gasteiger partial charge in [-0.3, -0.25) is 14.5 Å². The van der Waals surface area contributed by atoms with Crippen molar-refractivity contribution in [3.8, 4) is 0 Å². The van der Waals surface area contributed by atoms with Crippen molar-refractivity contribution < 1.29 is 9.59 Å². The highest BCUT2D eigenvalue weighted by Crippen LogP contribution is 2.21. The first-order chi connectivity index (χ1) is 7.25. The van der Waals surface area contributed by atoms with Crippen LogP contribution in [0.5, 0.6) is 0 Å². The number of carbonyl (C=O) groups excluding carboxylic acids is 2. The van der Waals surface area contributed by atoms with Gasteiger partial charge in [-0.1, -0.05) is 12.1 Å². The maximum absolute atomic E-state index is 11.8. The summed E-state index contributed by atoms with van der Waals surface area (Å²) in [4.78, 5) is 24.9. The van der Waals surface area contributed by atoms with Gasteiger partial charge in [0.2, 0.25) is 0 Å². The first kappa shape index (κ1) is 12.7. The molecule has 1 aliphatic rings. The van der Waals surface area contributed by atoms with Gasteiger partial charge in [0.05, 0.1) is 11.1 Å². The highest BCUT2D eigenvalue weighted by Gasteiger charge is 2.34. The summed E-state index contributed by atoms with van der Waals surface area (Å²) in [6.07, 6.45) is 0. The van der Waals surface area contributed by atoms with Crippen LogP contribution in [0, 0.1) is 0 Å². The number of nitrogens with one attached hydrogen (secondary N) is 1. The van der Waals surface area contributed by atoms with Crippen LogP contribution in [0.1, 0.15) is 20.7 Å². The molecule has 0 unspecified atom stereocenters. The normalized spacial score (nSPS) is 13.7. The first-order valence-corrected chi connectivity index (χ1v) is 4.85. The SMILES string of the molecule is CNCCN1C(=O)c2ccccc2C1=O.Cl. The van der Waals surface area contributed by atoms with Gasteiger partial charge in [-0.05, 0) is 19.2 Å². The van der Waals surface area contributed by atoms with Gasteiger partial charge in [-0.15, -0.1) is 12.4 Å². The number of benzene rings is 1. The molecule has 0 saturated carbocycles. The molecule has 0 radical (unpaired) electrons. The Kier molecular flexibility index (Phi) is 4.04. The molecular formula is C11H13ClN2O2. The minimum atomic E-state index is -0.189. The average molecular weight is 241 g/mol. The Hall–Kier alpha value is -1.39. The summed E-state index contributed by atoms with van der Waals surface area (Å²) in [7, 11) is 1.79. The number of rotatable bonds is 3. The fourth-order valence-electron chi connectivity index (χ4n) is 1.67. The Morgan fingerprint density at radius 2 is 1.62 bits per heavy atom. The van der Waals surface area contributed by atoms with Crippen LogP contribution in [-0.4, -0.2) is 36.9 Å². The maximum Gasteiger partial charge on any atom is 0.261 e. The van der Waals surface area contributed by atoms with E-state index < -0.39 is 0 Å². The average Bonchev–Trinajstić information content (AvgIpc) is 2.51. The van der Waals surface area contributed by atoms with E-state index in [1.165, 1.54) is 4.90 Å². The monoisotopic (exact) mass is 240 g/mol. The fourth-order valence-corrected chi connectivity index (χ4v) is 1.67. The summed E-state index contributed by atoms with van der Waals surface area (Å²) >= 11 is 0. The highest BCUT2D eigenvalue weighted by molar-refractivity contribution is 6.21. The molecule has 2 amide bonds. The van der Waals surface area contributed by atoms with Crippen molar-refractivity contribution in [1.82, 2.24) is 10.2 Å². The Morgan fingerprint density at radius 3 is 2.06 bits per heavy atom. The summed E-state index contributed by atoms with van der Waals surface area (Å²) in [5, 5.41) is 2.92. The predicted octanol–water partition coefficient (Wildman–Crippen LogP) is 0.924. The van der Waals surface area contributed by atoms with Crippen LogP contribution in [0.15, 0.2) is 24.3 Å². The van der Waals surface area contributed by atoms with Crippen molar-refractivity contribution in [3.63, 3.8) is 0 Å². The van der Waals surface area contributed by atoms with Crippen LogP contribution in [-0.2, 0) is 0 Å². The number of halogens is 1. The van der Waals surface area contributed by atoms with Gasteiger partial charge < -0.3 is 5.32 Å². The molecule has 5 heteroatoms. The molecule has 1 heterocycles. The third kappa shape index (κ3) is 1.94. The highest BCUT2D eigenvalue weighted by atomic mass is 35.5. The quantitative estimate of drug-likeness (QED) is 0.800. The van der Waals surface area contributed by atoms with Crippen molar-refractivity contribution in [1.29, 1.82) is 0 Å². The number of amides is 2. The van der Waals surface area contributed by atoms with Gasteiger partial charge in [0.25, 0.3) is 11.8 Å². The minimum Gasteiger partial charge on any atom is -0.318 e. The Balaban J connectivity index is 0.00000128. The van der Waals surface area contributed by atoms with Gasteiger partial charge in [0.15, 0.2) is 0 Å².